The van der Waals surface area contributed by atoms with Crippen molar-refractivity contribution in [1.82, 2.24) is 9.97 Å². The molecular formula is C17H23N3O2S2. The largest absolute Gasteiger partial charge is 0.378 e. The zero-order valence-electron chi connectivity index (χ0n) is 14.4. The molecule has 0 radical (unpaired) electrons. The van der Waals surface area contributed by atoms with Crippen LogP contribution in [-0.2, 0) is 22.5 Å². The summed E-state index contributed by atoms with van der Waals surface area (Å²) in [7, 11) is 0. The van der Waals surface area contributed by atoms with E-state index in [0.29, 0.717) is 6.61 Å². The standard InChI is InChI=1S/C17H23N3O2S2/c1-4-17(2)9-11-12(10-22-17)24-15-13(11)14(18-16(19-15)23-3)20-5-7-21-8-6-20/h4-10H2,1-3H3/t17-/m1/s1. The number of hydrogen-bond acceptors (Lipinski definition) is 7. The molecule has 1 fully saturated rings. The molecule has 0 amide bonds. The Hall–Kier alpha value is -0.890. The minimum Gasteiger partial charge on any atom is -0.378 e. The summed E-state index contributed by atoms with van der Waals surface area (Å²) >= 11 is 3.38. The van der Waals surface area contributed by atoms with E-state index in [-0.39, 0.29) is 5.60 Å². The van der Waals surface area contributed by atoms with Crippen LogP contribution in [0.5, 0.6) is 0 Å². The van der Waals surface area contributed by atoms with Crippen LogP contribution in [0.25, 0.3) is 10.2 Å². The van der Waals surface area contributed by atoms with Crippen molar-refractivity contribution in [2.45, 2.75) is 44.1 Å². The summed E-state index contributed by atoms with van der Waals surface area (Å²) in [5, 5.41) is 2.10. The number of thioether (sulfide) groups is 1. The molecule has 2 aliphatic rings. The minimum absolute atomic E-state index is 0.0819. The zero-order valence-corrected chi connectivity index (χ0v) is 16.1. The van der Waals surface area contributed by atoms with Crippen LogP contribution in [0.15, 0.2) is 5.16 Å². The smallest absolute Gasteiger partial charge is 0.190 e. The molecule has 0 aliphatic carbocycles. The van der Waals surface area contributed by atoms with Gasteiger partial charge >= 0.3 is 0 Å². The molecule has 4 heterocycles. The minimum atomic E-state index is -0.0819. The van der Waals surface area contributed by atoms with E-state index in [1.165, 1.54) is 15.8 Å². The molecule has 130 valence electrons. The molecule has 5 nitrogen and oxygen atoms in total. The van der Waals surface area contributed by atoms with E-state index in [1.54, 1.807) is 23.1 Å². The van der Waals surface area contributed by atoms with Gasteiger partial charge in [-0.05, 0) is 25.2 Å². The number of nitrogens with zero attached hydrogens (tertiary/aromatic N) is 3. The van der Waals surface area contributed by atoms with Crippen LogP contribution in [0.2, 0.25) is 0 Å². The van der Waals surface area contributed by atoms with E-state index in [1.807, 2.05) is 6.26 Å². The second-order valence-electron chi connectivity index (χ2n) is 6.59. The summed E-state index contributed by atoms with van der Waals surface area (Å²) in [4.78, 5) is 14.4. The highest BCUT2D eigenvalue weighted by atomic mass is 32.2. The molecule has 0 saturated carbocycles. The lowest BCUT2D eigenvalue weighted by molar-refractivity contribution is -0.0543. The van der Waals surface area contributed by atoms with Crippen molar-refractivity contribution < 1.29 is 9.47 Å². The number of fused-ring (bicyclic) bond motifs is 3. The fourth-order valence-corrected chi connectivity index (χ4v) is 4.87. The summed E-state index contributed by atoms with van der Waals surface area (Å²) in [6.45, 7) is 8.43. The Bertz CT molecular complexity index is 758. The molecule has 1 saturated heterocycles. The SMILES string of the molecule is CC[C@]1(C)Cc2c(sc3nc(SC)nc(N4CCOCC4)c23)CO1. The Morgan fingerprint density at radius 3 is 2.79 bits per heavy atom. The van der Waals surface area contributed by atoms with Crippen LogP contribution in [0, 0.1) is 0 Å². The quantitative estimate of drug-likeness (QED) is 0.613. The topological polar surface area (TPSA) is 47.5 Å². The van der Waals surface area contributed by atoms with Crippen molar-refractivity contribution in [2.24, 2.45) is 0 Å². The number of anilines is 1. The third-order valence-corrected chi connectivity index (χ3v) is 6.69. The van der Waals surface area contributed by atoms with Gasteiger partial charge in [-0.1, -0.05) is 18.7 Å². The summed E-state index contributed by atoms with van der Waals surface area (Å²) in [6, 6.07) is 0. The van der Waals surface area contributed by atoms with Crippen LogP contribution in [0.4, 0.5) is 5.82 Å². The second kappa shape index (κ2) is 6.44. The van der Waals surface area contributed by atoms with Crippen molar-refractivity contribution in [3.8, 4) is 0 Å². The molecule has 24 heavy (non-hydrogen) atoms. The Labute approximate surface area is 150 Å². The van der Waals surface area contributed by atoms with Gasteiger partial charge in [0.2, 0.25) is 0 Å². The van der Waals surface area contributed by atoms with E-state index in [0.717, 1.165) is 54.9 Å². The Morgan fingerprint density at radius 2 is 2.08 bits per heavy atom. The van der Waals surface area contributed by atoms with Gasteiger partial charge in [-0.15, -0.1) is 11.3 Å². The van der Waals surface area contributed by atoms with Gasteiger partial charge in [-0.2, -0.15) is 0 Å². The number of hydrogen-bond donors (Lipinski definition) is 0. The molecule has 7 heteroatoms. The summed E-state index contributed by atoms with van der Waals surface area (Å²) in [5.74, 6) is 1.09. The average molecular weight is 366 g/mol. The third-order valence-electron chi connectivity index (χ3n) is 5.04. The first-order valence-corrected chi connectivity index (χ1v) is 10.5. The van der Waals surface area contributed by atoms with Crippen molar-refractivity contribution in [3.63, 3.8) is 0 Å². The highest BCUT2D eigenvalue weighted by Gasteiger charge is 2.34. The number of morpholine rings is 1. The molecule has 0 aromatic carbocycles. The van der Waals surface area contributed by atoms with Gasteiger partial charge in [0.15, 0.2) is 5.16 Å². The van der Waals surface area contributed by atoms with Gasteiger partial charge in [-0.3, -0.25) is 0 Å². The molecule has 2 aliphatic heterocycles. The lowest BCUT2D eigenvalue weighted by Gasteiger charge is -2.34. The van der Waals surface area contributed by atoms with Gasteiger partial charge in [0.25, 0.3) is 0 Å². The predicted molar refractivity (Wildman–Crippen MR) is 99.4 cm³/mol. The van der Waals surface area contributed by atoms with E-state index in [9.17, 15) is 0 Å². The normalized spacial score (nSPS) is 24.4. The third kappa shape index (κ3) is 2.81. The number of rotatable bonds is 3. The van der Waals surface area contributed by atoms with E-state index in [2.05, 4.69) is 18.7 Å². The van der Waals surface area contributed by atoms with Crippen LogP contribution >= 0.6 is 23.1 Å². The van der Waals surface area contributed by atoms with Gasteiger partial charge < -0.3 is 14.4 Å². The molecule has 1 atom stereocenters. The van der Waals surface area contributed by atoms with Crippen molar-refractivity contribution in [2.75, 3.05) is 37.5 Å². The highest BCUT2D eigenvalue weighted by molar-refractivity contribution is 7.98. The molecule has 2 aromatic rings. The van der Waals surface area contributed by atoms with Gasteiger partial charge in [0, 0.05) is 24.4 Å². The molecule has 4 rings (SSSR count). The van der Waals surface area contributed by atoms with Crippen LogP contribution < -0.4 is 4.90 Å². The van der Waals surface area contributed by atoms with Crippen molar-refractivity contribution >= 4 is 39.1 Å². The summed E-state index contributed by atoms with van der Waals surface area (Å²) in [6.07, 6.45) is 3.99. The average Bonchev–Trinajstić information content (AvgIpc) is 2.99. The molecule has 0 N–H and O–H groups in total. The maximum absolute atomic E-state index is 6.14. The van der Waals surface area contributed by atoms with Crippen molar-refractivity contribution in [3.05, 3.63) is 10.4 Å². The molecule has 2 aromatic heterocycles. The fraction of sp³-hybridized carbons (Fsp3) is 0.647. The van der Waals surface area contributed by atoms with Crippen LogP contribution in [-0.4, -0.2) is 48.1 Å². The van der Waals surface area contributed by atoms with Gasteiger partial charge in [0.1, 0.15) is 10.6 Å². The Balaban J connectivity index is 1.88. The summed E-state index contributed by atoms with van der Waals surface area (Å²) < 4.78 is 11.7. The zero-order chi connectivity index (χ0) is 16.7. The molecular weight excluding hydrogens is 342 g/mol. The molecule has 0 bridgehead atoms. The fourth-order valence-electron chi connectivity index (χ4n) is 3.36. The predicted octanol–water partition coefficient (Wildman–Crippen LogP) is 3.49. The van der Waals surface area contributed by atoms with Crippen molar-refractivity contribution in [1.29, 1.82) is 0 Å². The first-order chi connectivity index (χ1) is 11.6. The first-order valence-electron chi connectivity index (χ1n) is 8.46. The van der Waals surface area contributed by atoms with E-state index >= 15 is 0 Å². The van der Waals surface area contributed by atoms with E-state index in [4.69, 9.17) is 19.4 Å². The highest BCUT2D eigenvalue weighted by Crippen LogP contribution is 2.43. The number of aromatic nitrogens is 2. The lowest BCUT2D eigenvalue weighted by atomic mass is 9.90. The lowest BCUT2D eigenvalue weighted by Crippen LogP contribution is -2.37. The van der Waals surface area contributed by atoms with Crippen LogP contribution in [0.1, 0.15) is 30.7 Å². The second-order valence-corrected chi connectivity index (χ2v) is 8.44. The number of thiophene rings is 1. The van der Waals surface area contributed by atoms with Gasteiger partial charge in [0.05, 0.1) is 30.8 Å². The van der Waals surface area contributed by atoms with E-state index < -0.39 is 0 Å². The Morgan fingerprint density at radius 1 is 1.29 bits per heavy atom. The summed E-state index contributed by atoms with van der Waals surface area (Å²) in [5.41, 5.74) is 1.32. The number of ether oxygens (including phenoxy) is 2. The maximum atomic E-state index is 6.14. The van der Waals surface area contributed by atoms with Crippen LogP contribution in [0.3, 0.4) is 0 Å². The first kappa shape index (κ1) is 16.6. The maximum Gasteiger partial charge on any atom is 0.190 e. The van der Waals surface area contributed by atoms with Gasteiger partial charge in [-0.25, -0.2) is 9.97 Å². The molecule has 0 spiro atoms. The molecule has 0 unspecified atom stereocenters. The Kier molecular flexibility index (Phi) is 4.45. The monoisotopic (exact) mass is 365 g/mol.